The van der Waals surface area contributed by atoms with Crippen molar-refractivity contribution in [3.05, 3.63) is 30.1 Å². The van der Waals surface area contributed by atoms with E-state index in [1.54, 1.807) is 0 Å². The second-order valence-electron chi connectivity index (χ2n) is 7.42. The Bertz CT molecular complexity index is 640. The SMILES string of the molecule is O=C(O)C(F)(F)F.c1ccc(CO[C@@H]2CN(CC3CC3)[C@H]3CCCO[C@@H]23)nc1. The Morgan fingerprint density at radius 3 is 2.68 bits per heavy atom. The van der Waals surface area contributed by atoms with Crippen LogP contribution in [0.4, 0.5) is 13.2 Å². The number of nitrogens with zero attached hydrogens (tertiary/aromatic N) is 2. The van der Waals surface area contributed by atoms with Gasteiger partial charge in [-0.3, -0.25) is 9.88 Å². The molecule has 1 N–H and O–H groups in total. The molecule has 0 aromatic carbocycles. The minimum Gasteiger partial charge on any atom is -0.475 e. The predicted octanol–water partition coefficient (Wildman–Crippen LogP) is 2.87. The molecule has 0 unspecified atom stereocenters. The predicted molar refractivity (Wildman–Crippen MR) is 93.6 cm³/mol. The quantitative estimate of drug-likeness (QED) is 0.817. The van der Waals surface area contributed by atoms with Gasteiger partial charge >= 0.3 is 12.1 Å². The molecule has 0 bridgehead atoms. The number of aliphatic carboxylic acids is 1. The molecule has 1 aliphatic carbocycles. The maximum absolute atomic E-state index is 10.6. The van der Waals surface area contributed by atoms with Gasteiger partial charge in [-0.05, 0) is 43.7 Å². The first kappa shape index (κ1) is 21.0. The van der Waals surface area contributed by atoms with Crippen molar-refractivity contribution in [3.63, 3.8) is 0 Å². The average Bonchev–Trinajstić information content (AvgIpc) is 3.42. The summed E-state index contributed by atoms with van der Waals surface area (Å²) in [5, 5.41) is 7.12. The Hall–Kier alpha value is -1.71. The van der Waals surface area contributed by atoms with E-state index in [1.165, 1.54) is 32.2 Å². The van der Waals surface area contributed by atoms with Crippen LogP contribution in [0.5, 0.6) is 0 Å². The van der Waals surface area contributed by atoms with E-state index in [2.05, 4.69) is 9.88 Å². The van der Waals surface area contributed by atoms with Gasteiger partial charge in [0.2, 0.25) is 0 Å². The maximum atomic E-state index is 10.6. The molecule has 0 amide bonds. The van der Waals surface area contributed by atoms with Gasteiger partial charge in [0.25, 0.3) is 0 Å². The van der Waals surface area contributed by atoms with Gasteiger partial charge in [0.05, 0.1) is 18.4 Å². The van der Waals surface area contributed by atoms with Crippen molar-refractivity contribution in [2.75, 3.05) is 19.7 Å². The third-order valence-electron chi connectivity index (χ3n) is 5.19. The lowest BCUT2D eigenvalue weighted by Crippen LogP contribution is -2.42. The van der Waals surface area contributed by atoms with Crippen molar-refractivity contribution in [2.24, 2.45) is 5.92 Å². The van der Waals surface area contributed by atoms with Gasteiger partial charge in [-0.1, -0.05) is 6.07 Å². The van der Waals surface area contributed by atoms with Gasteiger partial charge < -0.3 is 14.6 Å². The highest BCUT2D eigenvalue weighted by Gasteiger charge is 2.45. The fraction of sp³-hybridized carbons (Fsp3) is 0.684. The van der Waals surface area contributed by atoms with E-state index < -0.39 is 12.1 Å². The molecule has 3 heterocycles. The van der Waals surface area contributed by atoms with Crippen molar-refractivity contribution in [2.45, 2.75) is 56.7 Å². The van der Waals surface area contributed by atoms with E-state index >= 15 is 0 Å². The number of hydrogen-bond donors (Lipinski definition) is 1. The average molecular weight is 402 g/mol. The van der Waals surface area contributed by atoms with E-state index in [4.69, 9.17) is 19.4 Å². The molecule has 1 aromatic heterocycles. The molecule has 28 heavy (non-hydrogen) atoms. The van der Waals surface area contributed by atoms with Crippen LogP contribution in [0.15, 0.2) is 24.4 Å². The number of aromatic nitrogens is 1. The number of carboxylic acids is 1. The minimum atomic E-state index is -5.08. The topological polar surface area (TPSA) is 71.9 Å². The normalized spacial score (nSPS) is 27.6. The second-order valence-corrected chi connectivity index (χ2v) is 7.42. The summed E-state index contributed by atoms with van der Waals surface area (Å²) in [7, 11) is 0. The highest BCUT2D eigenvalue weighted by atomic mass is 19.4. The molecular formula is C19H25F3N2O4. The van der Waals surface area contributed by atoms with Crippen molar-refractivity contribution in [1.82, 2.24) is 9.88 Å². The van der Waals surface area contributed by atoms with Crippen LogP contribution < -0.4 is 0 Å². The Kier molecular flexibility index (Phi) is 6.90. The fourth-order valence-corrected chi connectivity index (χ4v) is 3.67. The summed E-state index contributed by atoms with van der Waals surface area (Å²) in [4.78, 5) is 15.9. The number of pyridine rings is 1. The summed E-state index contributed by atoms with van der Waals surface area (Å²) in [5.41, 5.74) is 1.01. The van der Waals surface area contributed by atoms with Crippen LogP contribution in [0.25, 0.3) is 0 Å². The Morgan fingerprint density at radius 2 is 2.07 bits per heavy atom. The van der Waals surface area contributed by atoms with Crippen LogP contribution in [0.1, 0.15) is 31.4 Å². The largest absolute Gasteiger partial charge is 0.490 e. The maximum Gasteiger partial charge on any atom is 0.490 e. The van der Waals surface area contributed by atoms with Crippen LogP contribution >= 0.6 is 0 Å². The summed E-state index contributed by atoms with van der Waals surface area (Å²) in [6, 6.07) is 6.56. The smallest absolute Gasteiger partial charge is 0.475 e. The molecule has 0 spiro atoms. The molecule has 3 aliphatic rings. The van der Waals surface area contributed by atoms with E-state index in [1.807, 2.05) is 24.4 Å². The first-order valence-electron chi connectivity index (χ1n) is 9.52. The molecule has 2 saturated heterocycles. The Balaban J connectivity index is 0.000000279. The summed E-state index contributed by atoms with van der Waals surface area (Å²) < 4.78 is 43.9. The van der Waals surface area contributed by atoms with E-state index in [-0.39, 0.29) is 12.2 Å². The lowest BCUT2D eigenvalue weighted by molar-refractivity contribution is -0.192. The first-order chi connectivity index (χ1) is 13.3. The molecule has 6 nitrogen and oxygen atoms in total. The molecule has 4 rings (SSSR count). The van der Waals surface area contributed by atoms with Crippen molar-refractivity contribution in [1.29, 1.82) is 0 Å². The highest BCUT2D eigenvalue weighted by Crippen LogP contribution is 2.36. The first-order valence-corrected chi connectivity index (χ1v) is 9.52. The van der Waals surface area contributed by atoms with Crippen LogP contribution in [0, 0.1) is 5.92 Å². The highest BCUT2D eigenvalue weighted by molar-refractivity contribution is 5.73. The van der Waals surface area contributed by atoms with Gasteiger partial charge in [-0.15, -0.1) is 0 Å². The standard InChI is InChI=1S/C17H24N2O2.C2HF3O2/c1-2-8-18-14(4-1)12-21-16-11-19(10-13-6-7-13)15-5-3-9-20-17(15)16;3-2(4,5)1(6)7/h1-2,4,8,13,15-17H,3,5-7,9-12H2;(H,6,7)/t15-,16+,17+;/m0./s1. The van der Waals surface area contributed by atoms with Gasteiger partial charge in [0.15, 0.2) is 0 Å². The Morgan fingerprint density at radius 1 is 1.32 bits per heavy atom. The van der Waals surface area contributed by atoms with Crippen LogP contribution in [0.2, 0.25) is 0 Å². The van der Waals surface area contributed by atoms with Crippen LogP contribution in [0.3, 0.4) is 0 Å². The van der Waals surface area contributed by atoms with Gasteiger partial charge in [0.1, 0.15) is 6.10 Å². The number of carbonyl (C=O) groups is 1. The molecule has 1 aromatic rings. The molecular weight excluding hydrogens is 377 g/mol. The number of ether oxygens (including phenoxy) is 2. The van der Waals surface area contributed by atoms with E-state index in [0.29, 0.717) is 12.6 Å². The van der Waals surface area contributed by atoms with Crippen molar-refractivity contribution >= 4 is 5.97 Å². The summed E-state index contributed by atoms with van der Waals surface area (Å²) >= 11 is 0. The van der Waals surface area contributed by atoms with Crippen LogP contribution in [-0.2, 0) is 20.9 Å². The summed E-state index contributed by atoms with van der Waals surface area (Å²) in [6.45, 7) is 3.75. The molecule has 2 aliphatic heterocycles. The third-order valence-corrected chi connectivity index (χ3v) is 5.19. The van der Waals surface area contributed by atoms with Crippen molar-refractivity contribution in [3.8, 4) is 0 Å². The summed E-state index contributed by atoms with van der Waals surface area (Å²) in [5.74, 6) is -1.82. The second kappa shape index (κ2) is 9.19. The van der Waals surface area contributed by atoms with E-state index in [9.17, 15) is 13.2 Å². The number of likely N-dealkylation sites (tertiary alicyclic amines) is 1. The number of fused-ring (bicyclic) bond motifs is 1. The monoisotopic (exact) mass is 402 g/mol. The van der Waals surface area contributed by atoms with Gasteiger partial charge in [-0.2, -0.15) is 13.2 Å². The molecule has 1 saturated carbocycles. The lowest BCUT2D eigenvalue weighted by Gasteiger charge is -2.32. The van der Waals surface area contributed by atoms with Crippen LogP contribution in [-0.4, -0.2) is 65.1 Å². The third kappa shape index (κ3) is 5.89. The zero-order chi connectivity index (χ0) is 20.1. The molecule has 3 atom stereocenters. The molecule has 3 fully saturated rings. The Labute approximate surface area is 161 Å². The van der Waals surface area contributed by atoms with E-state index in [0.717, 1.165) is 24.8 Å². The van der Waals surface area contributed by atoms with Gasteiger partial charge in [-0.25, -0.2) is 4.79 Å². The molecule has 156 valence electrons. The lowest BCUT2D eigenvalue weighted by atomic mass is 10.0. The fourth-order valence-electron chi connectivity index (χ4n) is 3.67. The number of rotatable bonds is 5. The zero-order valence-electron chi connectivity index (χ0n) is 15.5. The molecule has 9 heteroatoms. The molecule has 0 radical (unpaired) electrons. The van der Waals surface area contributed by atoms with Gasteiger partial charge in [0, 0.05) is 31.9 Å². The number of halogens is 3. The minimum absolute atomic E-state index is 0.205. The summed E-state index contributed by atoms with van der Waals surface area (Å²) in [6.07, 6.45) is 2.49. The number of alkyl halides is 3. The number of carboxylic acid groups (broad SMARTS) is 1. The van der Waals surface area contributed by atoms with Crippen molar-refractivity contribution < 1.29 is 32.5 Å². The number of hydrogen-bond acceptors (Lipinski definition) is 5. The zero-order valence-corrected chi connectivity index (χ0v) is 15.5.